The van der Waals surface area contributed by atoms with Gasteiger partial charge in [0.1, 0.15) is 30.0 Å². The fraction of sp³-hybridized carbons (Fsp3) is 0.185. The molecule has 34 heavy (non-hydrogen) atoms. The first kappa shape index (κ1) is 20.4. The quantitative estimate of drug-likeness (QED) is 0.476. The molecule has 2 aliphatic rings. The SMILES string of the molecule is COc1ccc([C@@H]2C3=C(Nc4ncnn42)c2ccccc2O[C@@H]3c2ccc(N(C)C)cc2)cc1. The molecular weight excluding hydrogens is 426 g/mol. The number of para-hydroxylation sites is 1. The van der Waals surface area contributed by atoms with E-state index in [4.69, 9.17) is 9.47 Å². The Bertz CT molecular complexity index is 1370. The summed E-state index contributed by atoms with van der Waals surface area (Å²) in [5.41, 5.74) is 6.44. The number of ether oxygens (including phenoxy) is 2. The maximum Gasteiger partial charge on any atom is 0.226 e. The van der Waals surface area contributed by atoms with Crippen LogP contribution in [0.25, 0.3) is 5.70 Å². The van der Waals surface area contributed by atoms with E-state index in [1.165, 1.54) is 0 Å². The molecule has 0 radical (unpaired) electrons. The van der Waals surface area contributed by atoms with Crippen molar-refractivity contribution < 1.29 is 9.47 Å². The maximum atomic E-state index is 6.68. The fourth-order valence-corrected chi connectivity index (χ4v) is 4.75. The normalized spacial score (nSPS) is 18.2. The topological polar surface area (TPSA) is 64.4 Å². The molecule has 0 fully saturated rings. The molecule has 3 aromatic carbocycles. The van der Waals surface area contributed by atoms with Crippen molar-refractivity contribution >= 4 is 17.3 Å². The van der Waals surface area contributed by atoms with Crippen molar-refractivity contribution in [1.82, 2.24) is 14.8 Å². The third-order valence-corrected chi connectivity index (χ3v) is 6.47. The Hall–Kier alpha value is -4.26. The van der Waals surface area contributed by atoms with Gasteiger partial charge in [-0.3, -0.25) is 0 Å². The number of anilines is 2. The zero-order valence-corrected chi connectivity index (χ0v) is 19.3. The highest BCUT2D eigenvalue weighted by atomic mass is 16.5. The van der Waals surface area contributed by atoms with Crippen LogP contribution in [0.3, 0.4) is 0 Å². The van der Waals surface area contributed by atoms with Crippen molar-refractivity contribution in [2.75, 3.05) is 31.4 Å². The molecule has 7 nitrogen and oxygen atoms in total. The van der Waals surface area contributed by atoms with Crippen molar-refractivity contribution in [3.8, 4) is 11.5 Å². The highest BCUT2D eigenvalue weighted by Gasteiger charge is 2.40. The second kappa shape index (κ2) is 7.95. The average molecular weight is 452 g/mol. The van der Waals surface area contributed by atoms with E-state index in [2.05, 4.69) is 62.8 Å². The van der Waals surface area contributed by atoms with E-state index in [1.54, 1.807) is 13.4 Å². The number of methoxy groups -OCH3 is 1. The molecule has 0 bridgehead atoms. The number of nitrogens with zero attached hydrogens (tertiary/aromatic N) is 4. The molecule has 0 spiro atoms. The van der Waals surface area contributed by atoms with Gasteiger partial charge in [-0.05, 0) is 47.5 Å². The first-order valence-corrected chi connectivity index (χ1v) is 11.2. The molecule has 1 N–H and O–H groups in total. The van der Waals surface area contributed by atoms with E-state index in [0.717, 1.165) is 45.1 Å². The van der Waals surface area contributed by atoms with E-state index in [-0.39, 0.29) is 12.1 Å². The van der Waals surface area contributed by atoms with Crippen LogP contribution in [-0.2, 0) is 0 Å². The maximum absolute atomic E-state index is 6.68. The Labute approximate surface area is 198 Å². The molecule has 0 saturated heterocycles. The fourth-order valence-electron chi connectivity index (χ4n) is 4.75. The van der Waals surface area contributed by atoms with E-state index in [9.17, 15) is 0 Å². The Morgan fingerprint density at radius 1 is 0.941 bits per heavy atom. The standard InChI is InChI=1S/C27H25N5O2/c1-31(2)19-12-8-18(9-13-19)26-23-24(21-6-4-5-7-22(21)34-26)30-27-28-16-29-32(27)25(23)17-10-14-20(33-3)15-11-17/h4-16,25-26H,1-3H3,(H,28,29,30)/t25-,26-/m1/s1. The summed E-state index contributed by atoms with van der Waals surface area (Å²) in [5.74, 6) is 2.36. The van der Waals surface area contributed by atoms with Crippen LogP contribution in [0.2, 0.25) is 0 Å². The number of rotatable bonds is 4. The minimum absolute atomic E-state index is 0.188. The zero-order chi connectivity index (χ0) is 23.2. The van der Waals surface area contributed by atoms with Crippen LogP contribution in [0.15, 0.2) is 84.7 Å². The monoisotopic (exact) mass is 451 g/mol. The average Bonchev–Trinajstić information content (AvgIpc) is 3.35. The summed E-state index contributed by atoms with van der Waals surface area (Å²) < 4.78 is 14.0. The number of fused-ring (bicyclic) bond motifs is 3. The van der Waals surface area contributed by atoms with Gasteiger partial charge in [0.25, 0.3) is 0 Å². The van der Waals surface area contributed by atoms with Crippen molar-refractivity contribution in [2.45, 2.75) is 12.1 Å². The molecule has 1 aromatic heterocycles. The number of benzene rings is 3. The largest absolute Gasteiger partial charge is 0.497 e. The van der Waals surface area contributed by atoms with Crippen LogP contribution >= 0.6 is 0 Å². The molecule has 0 aliphatic carbocycles. The summed E-state index contributed by atoms with van der Waals surface area (Å²) in [6.07, 6.45) is 1.29. The molecule has 4 aromatic rings. The van der Waals surface area contributed by atoms with Crippen LogP contribution in [0.5, 0.6) is 11.5 Å². The zero-order valence-electron chi connectivity index (χ0n) is 19.3. The highest BCUT2D eigenvalue weighted by Crippen LogP contribution is 2.50. The van der Waals surface area contributed by atoms with Gasteiger partial charge >= 0.3 is 0 Å². The van der Waals surface area contributed by atoms with E-state index >= 15 is 0 Å². The number of hydrogen-bond acceptors (Lipinski definition) is 6. The van der Waals surface area contributed by atoms with Gasteiger partial charge in [0, 0.05) is 30.9 Å². The van der Waals surface area contributed by atoms with Crippen molar-refractivity contribution in [3.63, 3.8) is 0 Å². The molecule has 2 aliphatic heterocycles. The number of nitrogens with one attached hydrogen (secondary N) is 1. The van der Waals surface area contributed by atoms with E-state index < -0.39 is 0 Å². The number of aromatic nitrogens is 3. The second-order valence-electron chi connectivity index (χ2n) is 8.64. The summed E-state index contributed by atoms with van der Waals surface area (Å²) in [5, 5.41) is 8.13. The van der Waals surface area contributed by atoms with Gasteiger partial charge in [0.2, 0.25) is 5.95 Å². The highest BCUT2D eigenvalue weighted by molar-refractivity contribution is 5.85. The molecule has 170 valence electrons. The summed E-state index contributed by atoms with van der Waals surface area (Å²) in [6, 6.07) is 24.6. The van der Waals surface area contributed by atoms with Crippen LogP contribution in [0, 0.1) is 0 Å². The minimum Gasteiger partial charge on any atom is -0.497 e. The van der Waals surface area contributed by atoms with Gasteiger partial charge in [-0.15, -0.1) is 0 Å². The van der Waals surface area contributed by atoms with E-state index in [1.807, 2.05) is 49.1 Å². The molecule has 6 rings (SSSR count). The lowest BCUT2D eigenvalue weighted by molar-refractivity contribution is 0.223. The summed E-state index contributed by atoms with van der Waals surface area (Å²) in [4.78, 5) is 6.59. The third-order valence-electron chi connectivity index (χ3n) is 6.47. The van der Waals surface area contributed by atoms with E-state index in [0.29, 0.717) is 5.95 Å². The molecule has 0 saturated carbocycles. The van der Waals surface area contributed by atoms with Crippen molar-refractivity contribution in [1.29, 1.82) is 0 Å². The van der Waals surface area contributed by atoms with Crippen molar-refractivity contribution in [2.24, 2.45) is 0 Å². The first-order valence-electron chi connectivity index (χ1n) is 11.2. The van der Waals surface area contributed by atoms with Crippen LogP contribution < -0.4 is 19.7 Å². The Morgan fingerprint density at radius 3 is 2.41 bits per heavy atom. The Morgan fingerprint density at radius 2 is 1.68 bits per heavy atom. The van der Waals surface area contributed by atoms with Crippen LogP contribution in [-0.4, -0.2) is 36.0 Å². The third kappa shape index (κ3) is 3.20. The summed E-state index contributed by atoms with van der Waals surface area (Å²) in [7, 11) is 5.76. The molecule has 0 amide bonds. The van der Waals surface area contributed by atoms with Gasteiger partial charge in [0.05, 0.1) is 12.8 Å². The lowest BCUT2D eigenvalue weighted by Gasteiger charge is -2.39. The summed E-state index contributed by atoms with van der Waals surface area (Å²) in [6.45, 7) is 0. The Kier molecular flexibility index (Phi) is 4.76. The minimum atomic E-state index is -0.293. The molecular formula is C27H25N5O2. The predicted molar refractivity (Wildman–Crippen MR) is 132 cm³/mol. The lowest BCUT2D eigenvalue weighted by atomic mass is 9.84. The van der Waals surface area contributed by atoms with Gasteiger partial charge in [-0.2, -0.15) is 10.1 Å². The molecule has 0 unspecified atom stereocenters. The van der Waals surface area contributed by atoms with Gasteiger partial charge < -0.3 is 19.7 Å². The number of hydrogen-bond donors (Lipinski definition) is 1. The second-order valence-corrected chi connectivity index (χ2v) is 8.64. The molecule has 3 heterocycles. The molecule has 7 heteroatoms. The lowest BCUT2D eigenvalue weighted by Crippen LogP contribution is -2.32. The van der Waals surface area contributed by atoms with Gasteiger partial charge in [-0.1, -0.05) is 36.4 Å². The Balaban J connectivity index is 1.56. The van der Waals surface area contributed by atoms with Crippen molar-refractivity contribution in [3.05, 3.63) is 101 Å². The predicted octanol–water partition coefficient (Wildman–Crippen LogP) is 4.91. The summed E-state index contributed by atoms with van der Waals surface area (Å²) >= 11 is 0. The molecule has 2 atom stereocenters. The van der Waals surface area contributed by atoms with Gasteiger partial charge in [-0.25, -0.2) is 4.68 Å². The van der Waals surface area contributed by atoms with Gasteiger partial charge in [0.15, 0.2) is 0 Å². The smallest absolute Gasteiger partial charge is 0.226 e. The van der Waals surface area contributed by atoms with Crippen LogP contribution in [0.1, 0.15) is 28.8 Å². The van der Waals surface area contributed by atoms with Crippen LogP contribution in [0.4, 0.5) is 11.6 Å². The first-order chi connectivity index (χ1) is 16.6.